The molecule has 6 heteroatoms. The van der Waals surface area contributed by atoms with Crippen molar-refractivity contribution >= 4 is 23.4 Å². The van der Waals surface area contributed by atoms with E-state index in [1.165, 1.54) is 17.8 Å². The van der Waals surface area contributed by atoms with Crippen molar-refractivity contribution in [3.05, 3.63) is 60.2 Å². The van der Waals surface area contributed by atoms with E-state index >= 15 is 0 Å². The molecule has 0 saturated carbocycles. The lowest BCUT2D eigenvalue weighted by molar-refractivity contribution is -0.113. The molecular weight excluding hydrogens is 308 g/mol. The van der Waals surface area contributed by atoms with Crippen LogP contribution in [0.3, 0.4) is 0 Å². The average Bonchev–Trinajstić information content (AvgIpc) is 2.52. The van der Waals surface area contributed by atoms with Crippen molar-refractivity contribution in [2.75, 3.05) is 23.4 Å². The Morgan fingerprint density at radius 3 is 2.59 bits per heavy atom. The minimum Gasteiger partial charge on any atom is -0.493 e. The molecule has 0 atom stereocenters. The molecule has 2 aromatic carbocycles. The standard InChI is InChI=1S/C16H15F2NO2S/c17-14-7-6-12(10-15(14)18)19-16(20)11-22-9-8-21-13-4-2-1-3-5-13/h1-7,10H,8-9,11H2,(H,19,20). The number of amides is 1. The molecule has 0 aliphatic carbocycles. The number of anilines is 1. The third-order valence-corrected chi connectivity index (χ3v) is 3.60. The van der Waals surface area contributed by atoms with Crippen LogP contribution in [0.4, 0.5) is 14.5 Å². The molecule has 2 rings (SSSR count). The van der Waals surface area contributed by atoms with Crippen LogP contribution >= 0.6 is 11.8 Å². The first-order valence-corrected chi connectivity index (χ1v) is 7.81. The second-order valence-electron chi connectivity index (χ2n) is 4.39. The van der Waals surface area contributed by atoms with Gasteiger partial charge in [-0.2, -0.15) is 0 Å². The Morgan fingerprint density at radius 2 is 1.86 bits per heavy atom. The van der Waals surface area contributed by atoms with Crippen LogP contribution in [0, 0.1) is 11.6 Å². The molecule has 2 aromatic rings. The fraction of sp³-hybridized carbons (Fsp3) is 0.188. The first-order valence-electron chi connectivity index (χ1n) is 6.65. The number of thioether (sulfide) groups is 1. The highest BCUT2D eigenvalue weighted by molar-refractivity contribution is 7.99. The Hall–Kier alpha value is -2.08. The summed E-state index contributed by atoms with van der Waals surface area (Å²) < 4.78 is 31.2. The van der Waals surface area contributed by atoms with Gasteiger partial charge in [0.1, 0.15) is 5.75 Å². The van der Waals surface area contributed by atoms with Crippen molar-refractivity contribution < 1.29 is 18.3 Å². The van der Waals surface area contributed by atoms with E-state index in [1.54, 1.807) is 0 Å². The molecule has 22 heavy (non-hydrogen) atoms. The van der Waals surface area contributed by atoms with Crippen LogP contribution in [0.25, 0.3) is 0 Å². The molecule has 0 radical (unpaired) electrons. The van der Waals surface area contributed by atoms with Gasteiger partial charge in [0.15, 0.2) is 11.6 Å². The fourth-order valence-electron chi connectivity index (χ4n) is 1.67. The van der Waals surface area contributed by atoms with Crippen LogP contribution < -0.4 is 10.1 Å². The van der Waals surface area contributed by atoms with Gasteiger partial charge in [-0.15, -0.1) is 11.8 Å². The van der Waals surface area contributed by atoms with Crippen LogP contribution in [-0.2, 0) is 4.79 Å². The first kappa shape index (κ1) is 16.3. The van der Waals surface area contributed by atoms with E-state index in [2.05, 4.69) is 5.32 Å². The van der Waals surface area contributed by atoms with Gasteiger partial charge in [-0.1, -0.05) is 18.2 Å². The first-order chi connectivity index (χ1) is 10.6. The highest BCUT2D eigenvalue weighted by atomic mass is 32.2. The predicted octanol–water partition coefficient (Wildman–Crippen LogP) is 3.72. The summed E-state index contributed by atoms with van der Waals surface area (Å²) in [5, 5.41) is 2.51. The van der Waals surface area contributed by atoms with E-state index in [9.17, 15) is 13.6 Å². The molecule has 3 nitrogen and oxygen atoms in total. The Labute approximate surface area is 131 Å². The normalized spacial score (nSPS) is 10.3. The minimum absolute atomic E-state index is 0.219. The number of rotatable bonds is 7. The van der Waals surface area contributed by atoms with Crippen LogP contribution in [0.2, 0.25) is 0 Å². The summed E-state index contributed by atoms with van der Waals surface area (Å²) in [4.78, 5) is 11.7. The van der Waals surface area contributed by atoms with Crippen molar-refractivity contribution in [3.63, 3.8) is 0 Å². The Kier molecular flexibility index (Phi) is 6.21. The average molecular weight is 323 g/mol. The van der Waals surface area contributed by atoms with E-state index in [0.717, 1.165) is 17.9 Å². The lowest BCUT2D eigenvalue weighted by Gasteiger charge is -2.07. The summed E-state index contributed by atoms with van der Waals surface area (Å²) in [6.07, 6.45) is 0. The van der Waals surface area contributed by atoms with Gasteiger partial charge in [0.05, 0.1) is 12.4 Å². The van der Waals surface area contributed by atoms with Gasteiger partial charge in [0.25, 0.3) is 0 Å². The number of nitrogens with one attached hydrogen (secondary N) is 1. The van der Waals surface area contributed by atoms with E-state index in [1.807, 2.05) is 30.3 Å². The number of carbonyl (C=O) groups excluding carboxylic acids is 1. The SMILES string of the molecule is O=C(CSCCOc1ccccc1)Nc1ccc(F)c(F)c1. The van der Waals surface area contributed by atoms with Gasteiger partial charge in [-0.25, -0.2) is 8.78 Å². The topological polar surface area (TPSA) is 38.3 Å². The predicted molar refractivity (Wildman–Crippen MR) is 84.2 cm³/mol. The maximum absolute atomic E-state index is 13.0. The summed E-state index contributed by atoms with van der Waals surface area (Å²) in [5.41, 5.74) is 0.241. The van der Waals surface area contributed by atoms with Gasteiger partial charge in [0.2, 0.25) is 5.91 Å². The molecule has 1 amide bonds. The van der Waals surface area contributed by atoms with Crippen molar-refractivity contribution in [2.24, 2.45) is 0 Å². The van der Waals surface area contributed by atoms with Crippen LogP contribution in [-0.4, -0.2) is 24.0 Å². The maximum atomic E-state index is 13.0. The molecule has 0 spiro atoms. The van der Waals surface area contributed by atoms with Crippen LogP contribution in [0.5, 0.6) is 5.75 Å². The number of carbonyl (C=O) groups is 1. The zero-order chi connectivity index (χ0) is 15.8. The summed E-state index contributed by atoms with van der Waals surface area (Å²) in [7, 11) is 0. The van der Waals surface area contributed by atoms with Crippen LogP contribution in [0.1, 0.15) is 0 Å². The Bertz CT molecular complexity index is 623. The highest BCUT2D eigenvalue weighted by Gasteiger charge is 2.06. The second kappa shape index (κ2) is 8.38. The molecule has 1 N–H and O–H groups in total. The summed E-state index contributed by atoms with van der Waals surface area (Å²) >= 11 is 1.40. The fourth-order valence-corrected chi connectivity index (χ4v) is 2.27. The smallest absolute Gasteiger partial charge is 0.234 e. The third kappa shape index (κ3) is 5.37. The number of ether oxygens (including phenoxy) is 1. The van der Waals surface area contributed by atoms with Gasteiger partial charge < -0.3 is 10.1 Å². The highest BCUT2D eigenvalue weighted by Crippen LogP contribution is 2.14. The van der Waals surface area contributed by atoms with E-state index in [0.29, 0.717) is 12.4 Å². The van der Waals surface area contributed by atoms with Gasteiger partial charge in [-0.3, -0.25) is 4.79 Å². The molecule has 0 heterocycles. The molecule has 0 unspecified atom stereocenters. The molecule has 0 aliphatic heterocycles. The number of para-hydroxylation sites is 1. The van der Waals surface area contributed by atoms with Gasteiger partial charge >= 0.3 is 0 Å². The molecule has 0 saturated heterocycles. The third-order valence-electron chi connectivity index (χ3n) is 2.68. The molecule has 0 aromatic heterocycles. The van der Waals surface area contributed by atoms with Gasteiger partial charge in [0, 0.05) is 17.5 Å². The van der Waals surface area contributed by atoms with Crippen molar-refractivity contribution in [1.82, 2.24) is 0 Å². The lowest BCUT2D eigenvalue weighted by atomic mass is 10.3. The molecule has 0 bridgehead atoms. The summed E-state index contributed by atoms with van der Waals surface area (Å²) in [6.45, 7) is 0.493. The zero-order valence-corrected chi connectivity index (χ0v) is 12.5. The minimum atomic E-state index is -0.985. The van der Waals surface area contributed by atoms with Crippen LogP contribution in [0.15, 0.2) is 48.5 Å². The molecule has 116 valence electrons. The number of halogens is 2. The van der Waals surface area contributed by atoms with E-state index < -0.39 is 11.6 Å². The Morgan fingerprint density at radius 1 is 1.09 bits per heavy atom. The maximum Gasteiger partial charge on any atom is 0.234 e. The zero-order valence-electron chi connectivity index (χ0n) is 11.7. The molecular formula is C16H15F2NO2S. The van der Waals surface area contributed by atoms with Crippen molar-refractivity contribution in [3.8, 4) is 5.75 Å². The van der Waals surface area contributed by atoms with Crippen molar-refractivity contribution in [2.45, 2.75) is 0 Å². The largest absolute Gasteiger partial charge is 0.493 e. The Balaban J connectivity index is 1.64. The van der Waals surface area contributed by atoms with Crippen molar-refractivity contribution in [1.29, 1.82) is 0 Å². The summed E-state index contributed by atoms with van der Waals surface area (Å²) in [6, 6.07) is 12.7. The van der Waals surface area contributed by atoms with Gasteiger partial charge in [-0.05, 0) is 24.3 Å². The quantitative estimate of drug-likeness (QED) is 0.789. The molecule has 0 aliphatic rings. The molecule has 0 fully saturated rings. The monoisotopic (exact) mass is 323 g/mol. The number of hydrogen-bond donors (Lipinski definition) is 1. The number of hydrogen-bond acceptors (Lipinski definition) is 3. The van der Waals surface area contributed by atoms with E-state index in [-0.39, 0.29) is 17.3 Å². The number of benzene rings is 2. The second-order valence-corrected chi connectivity index (χ2v) is 5.50. The van der Waals surface area contributed by atoms with E-state index in [4.69, 9.17) is 4.74 Å². The lowest BCUT2D eigenvalue weighted by Crippen LogP contribution is -2.15. The summed E-state index contributed by atoms with van der Waals surface area (Å²) in [5.74, 6) is -0.533.